The van der Waals surface area contributed by atoms with Gasteiger partial charge in [0.2, 0.25) is 0 Å². The van der Waals surface area contributed by atoms with Crippen LogP contribution < -0.4 is 4.74 Å². The molecule has 80 valence electrons. The van der Waals surface area contributed by atoms with Gasteiger partial charge in [0, 0.05) is 16.1 Å². The average Bonchev–Trinajstić information content (AvgIpc) is 2.18. The largest absolute Gasteiger partial charge is 0.493 e. The normalized spacial score (nSPS) is 10.5. The number of hydrogen-bond acceptors (Lipinski definition) is 2. The topological polar surface area (TPSA) is 46.5 Å². The summed E-state index contributed by atoms with van der Waals surface area (Å²) >= 11 is 3.32. The van der Waals surface area contributed by atoms with Crippen molar-refractivity contribution in [1.29, 1.82) is 0 Å². The fourth-order valence-electron chi connectivity index (χ4n) is 1.10. The van der Waals surface area contributed by atoms with E-state index in [9.17, 15) is 4.79 Å². The lowest BCUT2D eigenvalue weighted by molar-refractivity contribution is -0.131. The van der Waals surface area contributed by atoms with Crippen LogP contribution in [-0.2, 0) is 4.79 Å². The Morgan fingerprint density at radius 2 is 2.33 bits per heavy atom. The van der Waals surface area contributed by atoms with Crippen LogP contribution in [0.3, 0.4) is 0 Å². The summed E-state index contributed by atoms with van der Waals surface area (Å²) in [5.41, 5.74) is 0.744. The van der Waals surface area contributed by atoms with Crippen molar-refractivity contribution >= 4 is 28.0 Å². The van der Waals surface area contributed by atoms with Gasteiger partial charge in [0.15, 0.2) is 0 Å². The lowest BCUT2D eigenvalue weighted by atomic mass is 10.2. The minimum atomic E-state index is -0.975. The quantitative estimate of drug-likeness (QED) is 0.856. The van der Waals surface area contributed by atoms with E-state index in [0.717, 1.165) is 16.1 Å². The summed E-state index contributed by atoms with van der Waals surface area (Å²) in [4.78, 5) is 10.4. The number of halogens is 1. The minimum Gasteiger partial charge on any atom is -0.493 e. The molecule has 0 amide bonds. The van der Waals surface area contributed by atoms with Gasteiger partial charge in [-0.3, -0.25) is 0 Å². The SMILES string of the molecule is CCOc1ccc(Br)cc1/C=C/C(=O)O. The second-order valence-corrected chi connectivity index (χ2v) is 3.70. The first-order valence-electron chi connectivity index (χ1n) is 4.47. The van der Waals surface area contributed by atoms with Crippen molar-refractivity contribution in [3.63, 3.8) is 0 Å². The molecule has 0 atom stereocenters. The second kappa shape index (κ2) is 5.56. The maximum absolute atomic E-state index is 10.4. The zero-order valence-electron chi connectivity index (χ0n) is 8.24. The van der Waals surface area contributed by atoms with Crippen molar-refractivity contribution in [3.05, 3.63) is 34.3 Å². The Kier molecular flexibility index (Phi) is 4.37. The molecular weight excluding hydrogens is 260 g/mol. The summed E-state index contributed by atoms with van der Waals surface area (Å²) in [6.07, 6.45) is 2.60. The predicted octanol–water partition coefficient (Wildman–Crippen LogP) is 2.95. The van der Waals surface area contributed by atoms with Crippen LogP contribution in [0.4, 0.5) is 0 Å². The van der Waals surface area contributed by atoms with Crippen LogP contribution in [0, 0.1) is 0 Å². The van der Waals surface area contributed by atoms with Crippen LogP contribution >= 0.6 is 15.9 Å². The Bertz CT molecular complexity index is 385. The number of carboxylic acids is 1. The van der Waals surface area contributed by atoms with Crippen LogP contribution in [0.5, 0.6) is 5.75 Å². The minimum absolute atomic E-state index is 0.551. The third-order valence-corrected chi connectivity index (χ3v) is 2.17. The van der Waals surface area contributed by atoms with Gasteiger partial charge in [0.1, 0.15) is 5.75 Å². The van der Waals surface area contributed by atoms with E-state index in [1.54, 1.807) is 6.07 Å². The highest BCUT2D eigenvalue weighted by molar-refractivity contribution is 9.10. The van der Waals surface area contributed by atoms with Gasteiger partial charge in [-0.25, -0.2) is 4.79 Å². The molecule has 0 saturated carbocycles. The molecule has 0 aliphatic heterocycles. The van der Waals surface area contributed by atoms with Crippen LogP contribution in [0.25, 0.3) is 6.08 Å². The number of benzene rings is 1. The van der Waals surface area contributed by atoms with Gasteiger partial charge in [-0.05, 0) is 31.2 Å². The van der Waals surface area contributed by atoms with E-state index in [2.05, 4.69) is 15.9 Å². The molecule has 0 aliphatic carbocycles. The molecule has 0 spiro atoms. The highest BCUT2D eigenvalue weighted by Gasteiger charge is 2.01. The van der Waals surface area contributed by atoms with E-state index in [0.29, 0.717) is 12.4 Å². The van der Waals surface area contributed by atoms with E-state index in [-0.39, 0.29) is 0 Å². The number of ether oxygens (including phenoxy) is 1. The molecular formula is C11H11BrO3. The van der Waals surface area contributed by atoms with Gasteiger partial charge in [-0.1, -0.05) is 15.9 Å². The zero-order chi connectivity index (χ0) is 11.3. The van der Waals surface area contributed by atoms with E-state index in [4.69, 9.17) is 9.84 Å². The molecule has 0 heterocycles. The van der Waals surface area contributed by atoms with Gasteiger partial charge in [-0.2, -0.15) is 0 Å². The molecule has 0 aromatic heterocycles. The van der Waals surface area contributed by atoms with Crippen molar-refractivity contribution in [2.45, 2.75) is 6.92 Å². The summed E-state index contributed by atoms with van der Waals surface area (Å²) in [7, 11) is 0. The van der Waals surface area contributed by atoms with Crippen molar-refractivity contribution in [2.24, 2.45) is 0 Å². The maximum atomic E-state index is 10.4. The molecule has 1 rings (SSSR count). The molecule has 0 aliphatic rings. The molecule has 1 aromatic rings. The van der Waals surface area contributed by atoms with Crippen LogP contribution in [0.15, 0.2) is 28.7 Å². The number of carbonyl (C=O) groups is 1. The summed E-state index contributed by atoms with van der Waals surface area (Å²) in [6.45, 7) is 2.43. The van der Waals surface area contributed by atoms with E-state index >= 15 is 0 Å². The second-order valence-electron chi connectivity index (χ2n) is 2.79. The Labute approximate surface area is 96.5 Å². The third-order valence-electron chi connectivity index (χ3n) is 1.68. The predicted molar refractivity (Wildman–Crippen MR) is 62.0 cm³/mol. The molecule has 3 nitrogen and oxygen atoms in total. The van der Waals surface area contributed by atoms with Crippen molar-refractivity contribution in [3.8, 4) is 5.75 Å². The average molecular weight is 271 g/mol. The number of hydrogen-bond donors (Lipinski definition) is 1. The van der Waals surface area contributed by atoms with Crippen molar-refractivity contribution in [2.75, 3.05) is 6.61 Å². The number of carboxylic acid groups (broad SMARTS) is 1. The molecule has 0 bridgehead atoms. The summed E-state index contributed by atoms with van der Waals surface area (Å²) in [6, 6.07) is 5.46. The molecule has 0 unspecified atom stereocenters. The molecule has 0 radical (unpaired) electrons. The fraction of sp³-hybridized carbons (Fsp3) is 0.182. The van der Waals surface area contributed by atoms with Gasteiger partial charge < -0.3 is 9.84 Å². The smallest absolute Gasteiger partial charge is 0.328 e. The van der Waals surface area contributed by atoms with Gasteiger partial charge in [-0.15, -0.1) is 0 Å². The van der Waals surface area contributed by atoms with Crippen molar-refractivity contribution < 1.29 is 14.6 Å². The molecule has 4 heteroatoms. The first kappa shape index (κ1) is 11.8. The maximum Gasteiger partial charge on any atom is 0.328 e. The summed E-state index contributed by atoms with van der Waals surface area (Å²) in [5.74, 6) is -0.296. The Morgan fingerprint density at radius 1 is 1.60 bits per heavy atom. The lowest BCUT2D eigenvalue weighted by Gasteiger charge is -2.06. The van der Waals surface area contributed by atoms with Gasteiger partial charge >= 0.3 is 5.97 Å². The molecule has 15 heavy (non-hydrogen) atoms. The number of aliphatic carboxylic acids is 1. The molecule has 1 N–H and O–H groups in total. The first-order valence-corrected chi connectivity index (χ1v) is 5.26. The van der Waals surface area contributed by atoms with E-state index in [1.807, 2.05) is 19.1 Å². The van der Waals surface area contributed by atoms with Gasteiger partial charge in [0.05, 0.1) is 6.61 Å². The summed E-state index contributed by atoms with van der Waals surface area (Å²) in [5, 5.41) is 8.53. The number of rotatable bonds is 4. The first-order chi connectivity index (χ1) is 7.13. The monoisotopic (exact) mass is 270 g/mol. The van der Waals surface area contributed by atoms with E-state index < -0.39 is 5.97 Å². The zero-order valence-corrected chi connectivity index (χ0v) is 9.82. The Hall–Kier alpha value is -1.29. The highest BCUT2D eigenvalue weighted by Crippen LogP contribution is 2.24. The molecule has 0 fully saturated rings. The van der Waals surface area contributed by atoms with Crippen LogP contribution in [0.1, 0.15) is 12.5 Å². The van der Waals surface area contributed by atoms with Crippen molar-refractivity contribution in [1.82, 2.24) is 0 Å². The Balaban J connectivity index is 3.01. The fourth-order valence-corrected chi connectivity index (χ4v) is 1.48. The van der Waals surface area contributed by atoms with Gasteiger partial charge in [0.25, 0.3) is 0 Å². The summed E-state index contributed by atoms with van der Waals surface area (Å²) < 4.78 is 6.24. The highest BCUT2D eigenvalue weighted by atomic mass is 79.9. The van der Waals surface area contributed by atoms with Crippen LogP contribution in [-0.4, -0.2) is 17.7 Å². The Morgan fingerprint density at radius 3 is 2.93 bits per heavy atom. The standard InChI is InChI=1S/C11H11BrO3/c1-2-15-10-5-4-9(12)7-8(10)3-6-11(13)14/h3-7H,2H2,1H3,(H,13,14)/b6-3+. The van der Waals surface area contributed by atoms with E-state index in [1.165, 1.54) is 6.08 Å². The molecule has 1 aromatic carbocycles. The lowest BCUT2D eigenvalue weighted by Crippen LogP contribution is -1.94. The van der Waals surface area contributed by atoms with Crippen LogP contribution in [0.2, 0.25) is 0 Å². The molecule has 0 saturated heterocycles. The third kappa shape index (κ3) is 3.75.